The Morgan fingerprint density at radius 2 is 1.87 bits per heavy atom. The van der Waals surface area contributed by atoms with Gasteiger partial charge in [-0.2, -0.15) is 0 Å². The third kappa shape index (κ3) is 6.94. The number of rotatable bonds is 5. The van der Waals surface area contributed by atoms with Crippen molar-refractivity contribution in [2.45, 2.75) is 31.7 Å². The van der Waals surface area contributed by atoms with Crippen LogP contribution in [0.25, 0.3) is 11.0 Å². The second-order valence-electron chi connectivity index (χ2n) is 5.89. The van der Waals surface area contributed by atoms with Crippen molar-refractivity contribution in [3.8, 4) is 11.5 Å². The van der Waals surface area contributed by atoms with Crippen LogP contribution in [0.15, 0.2) is 29.6 Å². The molecule has 0 aliphatic heterocycles. The minimum absolute atomic E-state index is 0. The van der Waals surface area contributed by atoms with E-state index in [-0.39, 0.29) is 34.3 Å². The second-order valence-corrected chi connectivity index (χ2v) is 7.23. The van der Waals surface area contributed by atoms with E-state index in [1.54, 1.807) is 38.6 Å². The molecule has 0 saturated heterocycles. The van der Waals surface area contributed by atoms with Crippen molar-refractivity contribution in [2.75, 3.05) is 14.2 Å². The Morgan fingerprint density at radius 3 is 2.43 bits per heavy atom. The first-order chi connectivity index (χ1) is 13.3. The van der Waals surface area contributed by atoms with Crippen LogP contribution in [0.4, 0.5) is 0 Å². The number of fused-ring (bicyclic) bond motifs is 1. The van der Waals surface area contributed by atoms with Gasteiger partial charge in [-0.25, -0.2) is 0 Å². The molecule has 2 heterocycles. The predicted molar refractivity (Wildman–Crippen MR) is 112 cm³/mol. The molecule has 2 aromatic heterocycles. The van der Waals surface area contributed by atoms with Crippen LogP contribution in [0.1, 0.15) is 23.7 Å². The molecule has 9 nitrogen and oxygen atoms in total. The van der Waals surface area contributed by atoms with Gasteiger partial charge >= 0.3 is 23.1 Å². The quantitative estimate of drug-likeness (QED) is 0.501. The van der Waals surface area contributed by atoms with Crippen molar-refractivity contribution in [3.05, 3.63) is 41.2 Å². The zero-order valence-corrected chi connectivity index (χ0v) is 19.7. The molecule has 0 radical (unpaired) electrons. The fourth-order valence-corrected chi connectivity index (χ4v) is 3.62. The molecular weight excluding hydrogens is 423 g/mol. The summed E-state index contributed by atoms with van der Waals surface area (Å²) in [5, 5.41) is 9.19. The molecule has 1 atom stereocenters. The zero-order valence-electron chi connectivity index (χ0n) is 17.5. The number of carboxylic acids is 1. The SMILES string of the molecule is CC(=O)[O-].COc1ccc2[n-]c([S@@](=O)Cc3ncc(C)c(OC)c3C)nc2c1.O.[Mg+2]. The smallest absolute Gasteiger partial charge is 0.550 e. The van der Waals surface area contributed by atoms with E-state index in [0.29, 0.717) is 21.9 Å². The molecule has 11 heteroatoms. The van der Waals surface area contributed by atoms with Gasteiger partial charge < -0.3 is 34.8 Å². The number of carbonyl (C=O) groups is 1. The average Bonchev–Trinajstić information content (AvgIpc) is 3.07. The number of hydrogen-bond donors (Lipinski definition) is 0. The Kier molecular flexibility index (Phi) is 11.6. The zero-order chi connectivity index (χ0) is 20.8. The van der Waals surface area contributed by atoms with Crippen LogP contribution in [0.3, 0.4) is 0 Å². The number of imidazole rings is 1. The molecule has 1 aromatic carbocycles. The maximum Gasteiger partial charge on any atom is 2.00 e. The van der Waals surface area contributed by atoms with Gasteiger partial charge in [0.25, 0.3) is 0 Å². The van der Waals surface area contributed by atoms with Gasteiger partial charge in [0.1, 0.15) is 11.5 Å². The van der Waals surface area contributed by atoms with Crippen LogP contribution in [0, 0.1) is 13.8 Å². The van der Waals surface area contributed by atoms with Gasteiger partial charge in [-0.05, 0) is 43.9 Å². The van der Waals surface area contributed by atoms with Crippen molar-refractivity contribution in [1.29, 1.82) is 0 Å². The summed E-state index contributed by atoms with van der Waals surface area (Å²) < 4.78 is 23.2. The van der Waals surface area contributed by atoms with Gasteiger partial charge in [-0.1, -0.05) is 6.07 Å². The van der Waals surface area contributed by atoms with E-state index in [1.165, 1.54) is 0 Å². The number of benzene rings is 1. The van der Waals surface area contributed by atoms with Crippen LogP contribution < -0.4 is 19.6 Å². The number of nitrogens with zero attached hydrogens (tertiary/aromatic N) is 3. The van der Waals surface area contributed by atoms with Crippen LogP contribution >= 0.6 is 0 Å². The molecule has 0 aliphatic rings. The minimum atomic E-state index is -1.38. The normalized spacial score (nSPS) is 10.7. The van der Waals surface area contributed by atoms with Crippen LogP contribution in [-0.4, -0.2) is 62.9 Å². The molecule has 0 bridgehead atoms. The predicted octanol–water partition coefficient (Wildman–Crippen LogP) is 0.0795. The first kappa shape index (κ1) is 27.8. The van der Waals surface area contributed by atoms with Crippen molar-refractivity contribution >= 4 is 50.9 Å². The topological polar surface area (TPSA) is 147 Å². The number of aliphatic carboxylic acids is 1. The van der Waals surface area contributed by atoms with Gasteiger partial charge in [0, 0.05) is 28.4 Å². The van der Waals surface area contributed by atoms with Crippen LogP contribution in [-0.2, 0) is 21.3 Å². The van der Waals surface area contributed by atoms with E-state index >= 15 is 0 Å². The van der Waals surface area contributed by atoms with E-state index < -0.39 is 16.8 Å². The maximum absolute atomic E-state index is 12.6. The summed E-state index contributed by atoms with van der Waals surface area (Å²) in [7, 11) is 1.83. The minimum Gasteiger partial charge on any atom is -0.550 e. The Labute approximate surface area is 193 Å². The Hall–Kier alpha value is -2.21. The number of ether oxygens (including phenoxy) is 2. The third-order valence-corrected chi connectivity index (χ3v) is 4.96. The van der Waals surface area contributed by atoms with E-state index in [0.717, 1.165) is 29.5 Å². The Morgan fingerprint density at radius 1 is 1.23 bits per heavy atom. The Bertz CT molecular complexity index is 1020. The molecule has 3 aromatic rings. The van der Waals surface area contributed by atoms with Gasteiger partial charge in [-0.15, -0.1) is 0 Å². The van der Waals surface area contributed by atoms with Gasteiger partial charge in [0.05, 0.1) is 36.5 Å². The van der Waals surface area contributed by atoms with Crippen molar-refractivity contribution in [3.63, 3.8) is 0 Å². The number of pyridine rings is 1. The summed E-state index contributed by atoms with van der Waals surface area (Å²) in [5.41, 5.74) is 3.94. The van der Waals surface area contributed by atoms with Crippen LogP contribution in [0.2, 0.25) is 0 Å². The molecule has 0 saturated carbocycles. The fourth-order valence-electron chi connectivity index (χ4n) is 2.55. The van der Waals surface area contributed by atoms with Gasteiger partial charge in [-0.3, -0.25) is 9.19 Å². The number of carboxylic acid groups (broad SMARTS) is 1. The fraction of sp³-hybridized carbons (Fsp3) is 0.316. The van der Waals surface area contributed by atoms with E-state index in [4.69, 9.17) is 19.4 Å². The summed E-state index contributed by atoms with van der Waals surface area (Å²) in [5.74, 6) is 0.631. The average molecular weight is 446 g/mol. The number of methoxy groups -OCH3 is 2. The Balaban J connectivity index is 0.00000129. The molecule has 3 rings (SSSR count). The van der Waals surface area contributed by atoms with E-state index in [9.17, 15) is 4.21 Å². The third-order valence-electron chi connectivity index (χ3n) is 3.84. The van der Waals surface area contributed by atoms with Crippen molar-refractivity contribution < 1.29 is 29.1 Å². The number of aryl methyl sites for hydroxylation is 1. The monoisotopic (exact) mass is 445 g/mol. The summed E-state index contributed by atoms with van der Waals surface area (Å²) in [6, 6.07) is 5.39. The van der Waals surface area contributed by atoms with Crippen LogP contribution in [0.5, 0.6) is 11.5 Å². The molecule has 2 N–H and O–H groups in total. The van der Waals surface area contributed by atoms with E-state index in [2.05, 4.69) is 15.0 Å². The molecule has 158 valence electrons. The second kappa shape index (κ2) is 12.5. The molecule has 0 amide bonds. The van der Waals surface area contributed by atoms with Crippen molar-refractivity contribution in [2.24, 2.45) is 0 Å². The van der Waals surface area contributed by atoms with Crippen molar-refractivity contribution in [1.82, 2.24) is 15.0 Å². The summed E-state index contributed by atoms with van der Waals surface area (Å²) in [6.07, 6.45) is 1.73. The maximum atomic E-state index is 12.6. The van der Waals surface area contributed by atoms with Gasteiger partial charge in [0.2, 0.25) is 0 Å². The molecule has 0 unspecified atom stereocenters. The molecule has 0 fully saturated rings. The molecule has 0 aliphatic carbocycles. The first-order valence-electron chi connectivity index (χ1n) is 8.30. The summed E-state index contributed by atoms with van der Waals surface area (Å²) >= 11 is 0. The number of aromatic nitrogens is 3. The summed E-state index contributed by atoms with van der Waals surface area (Å²) in [6.45, 7) is 4.82. The van der Waals surface area contributed by atoms with E-state index in [1.807, 2.05) is 13.8 Å². The first-order valence-corrected chi connectivity index (χ1v) is 9.62. The molecular formula is C19H23MgN3O6S. The molecule has 30 heavy (non-hydrogen) atoms. The number of hydrogen-bond acceptors (Lipinski definition) is 7. The number of carbonyl (C=O) groups excluding carboxylic acids is 1. The van der Waals surface area contributed by atoms with Gasteiger partial charge in [0.15, 0.2) is 0 Å². The largest absolute Gasteiger partial charge is 2.00 e. The molecule has 0 spiro atoms. The standard InChI is InChI=1S/C17H18N3O3S.C2H4O2.Mg.H2O/c1-10-8-18-15(11(2)16(10)23-4)9-24(21)17-19-13-6-5-12(22-3)7-14(13)20-17;1-2(3)4;;/h5-8H,9H2,1-4H3;1H3,(H,3,4);;1H2/q-1;;+2;/p-1/t24-;;;/m0.../s1. The summed E-state index contributed by atoms with van der Waals surface area (Å²) in [4.78, 5) is 22.0.